The van der Waals surface area contributed by atoms with Crippen molar-refractivity contribution in [3.8, 4) is 5.75 Å². The first kappa shape index (κ1) is 21.2. The number of alkyl halides is 3. The van der Waals surface area contributed by atoms with E-state index in [2.05, 4.69) is 20.0 Å². The van der Waals surface area contributed by atoms with E-state index in [1.54, 1.807) is 4.90 Å². The highest BCUT2D eigenvalue weighted by Gasteiger charge is 2.55. The van der Waals surface area contributed by atoms with Crippen molar-refractivity contribution in [1.29, 1.82) is 0 Å². The fourth-order valence-electron chi connectivity index (χ4n) is 4.10. The second-order valence-electron chi connectivity index (χ2n) is 8.53. The Bertz CT molecular complexity index is 1070. The van der Waals surface area contributed by atoms with Gasteiger partial charge in [0.2, 0.25) is 5.95 Å². The Hall–Kier alpha value is -2.69. The van der Waals surface area contributed by atoms with E-state index in [4.69, 9.17) is 0 Å². The third-order valence-electron chi connectivity index (χ3n) is 6.09. The first-order chi connectivity index (χ1) is 15.2. The van der Waals surface area contributed by atoms with Crippen molar-refractivity contribution in [3.63, 3.8) is 0 Å². The molecule has 1 aromatic carbocycles. The summed E-state index contributed by atoms with van der Waals surface area (Å²) in [6.07, 6.45) is 0.880. The van der Waals surface area contributed by atoms with E-state index in [0.29, 0.717) is 30.0 Å². The van der Waals surface area contributed by atoms with Gasteiger partial charge in [0.05, 0.1) is 10.3 Å². The molecule has 0 bridgehead atoms. The summed E-state index contributed by atoms with van der Waals surface area (Å²) in [6.45, 7) is 1.21. The number of benzene rings is 1. The molecular formula is C21H21F3N4O3S. The summed E-state index contributed by atoms with van der Waals surface area (Å²) in [7, 11) is -0.842. The number of hydrogen-bond acceptors (Lipinski definition) is 6. The highest BCUT2D eigenvalue weighted by atomic mass is 32.2. The van der Waals surface area contributed by atoms with Crippen molar-refractivity contribution in [2.24, 2.45) is 0 Å². The summed E-state index contributed by atoms with van der Waals surface area (Å²) in [6, 6.07) is 4.63. The van der Waals surface area contributed by atoms with Gasteiger partial charge in [-0.15, -0.1) is 13.2 Å². The Kier molecular flexibility index (Phi) is 5.11. The highest BCUT2D eigenvalue weighted by molar-refractivity contribution is 7.88. The summed E-state index contributed by atoms with van der Waals surface area (Å²) in [4.78, 5) is 22.5. The molecule has 11 heteroatoms. The van der Waals surface area contributed by atoms with E-state index in [9.17, 15) is 22.2 Å². The number of ether oxygens (including phenoxy) is 1. The molecular weight excluding hydrogens is 445 g/mol. The molecule has 1 aliphatic carbocycles. The van der Waals surface area contributed by atoms with E-state index in [-0.39, 0.29) is 34.8 Å². The molecule has 1 atom stereocenters. The molecule has 1 saturated carbocycles. The van der Waals surface area contributed by atoms with E-state index in [1.165, 1.54) is 24.5 Å². The normalized spacial score (nSPS) is 21.6. The van der Waals surface area contributed by atoms with Crippen molar-refractivity contribution in [1.82, 2.24) is 14.9 Å². The second-order valence-corrected chi connectivity index (χ2v) is 10.5. The molecule has 1 N–H and O–H groups in total. The topological polar surface area (TPSA) is 84.4 Å². The van der Waals surface area contributed by atoms with Crippen LogP contribution in [0.15, 0.2) is 30.6 Å². The predicted octanol–water partition coefficient (Wildman–Crippen LogP) is 3.21. The number of likely N-dealkylation sites (tertiary alicyclic amines) is 1. The van der Waals surface area contributed by atoms with Gasteiger partial charge in [-0.05, 0) is 48.4 Å². The van der Waals surface area contributed by atoms with E-state index in [1.807, 2.05) is 6.07 Å². The monoisotopic (exact) mass is 466 g/mol. The molecule has 1 unspecified atom stereocenters. The Morgan fingerprint density at radius 3 is 2.50 bits per heavy atom. The molecule has 2 saturated heterocycles. The van der Waals surface area contributed by atoms with E-state index in [0.717, 1.165) is 24.8 Å². The van der Waals surface area contributed by atoms with Crippen molar-refractivity contribution in [3.05, 3.63) is 47.3 Å². The lowest BCUT2D eigenvalue weighted by Gasteiger charge is -2.54. The number of rotatable bonds is 6. The molecule has 5 rings (SSSR count). The highest BCUT2D eigenvalue weighted by Crippen LogP contribution is 2.42. The summed E-state index contributed by atoms with van der Waals surface area (Å²) in [5.41, 5.74) is 1.79. The molecule has 7 nitrogen and oxygen atoms in total. The van der Waals surface area contributed by atoms with Crippen LogP contribution in [0.5, 0.6) is 5.75 Å². The van der Waals surface area contributed by atoms with Gasteiger partial charge in [-0.2, -0.15) is 0 Å². The van der Waals surface area contributed by atoms with Crippen LogP contribution in [0.2, 0.25) is 0 Å². The maximum Gasteiger partial charge on any atom is 0.573 e. The van der Waals surface area contributed by atoms with Crippen LogP contribution < -0.4 is 10.1 Å². The Morgan fingerprint density at radius 2 is 1.94 bits per heavy atom. The molecule has 32 heavy (non-hydrogen) atoms. The average molecular weight is 466 g/mol. The van der Waals surface area contributed by atoms with E-state index >= 15 is 0 Å². The molecule has 2 aromatic rings. The maximum absolute atomic E-state index is 12.6. The third-order valence-corrected chi connectivity index (χ3v) is 8.09. The number of amides is 1. The Balaban J connectivity index is 1.21. The fraction of sp³-hybridized carbons (Fsp3) is 0.476. The lowest BCUT2D eigenvalue weighted by Crippen LogP contribution is -2.70. The minimum absolute atomic E-state index is 0.197. The number of aromatic nitrogens is 2. The fourth-order valence-corrected chi connectivity index (χ4v) is 5.64. The smallest absolute Gasteiger partial charge is 0.406 e. The number of hydrogen-bond donors (Lipinski definition) is 1. The lowest BCUT2D eigenvalue weighted by atomic mass is 9.94. The maximum atomic E-state index is 12.6. The molecule has 3 fully saturated rings. The summed E-state index contributed by atoms with van der Waals surface area (Å²) < 4.78 is 53.6. The van der Waals surface area contributed by atoms with Crippen molar-refractivity contribution in [2.45, 2.75) is 42.8 Å². The lowest BCUT2D eigenvalue weighted by molar-refractivity contribution is -0.274. The molecule has 1 aromatic heterocycles. The minimum atomic E-state index is -4.75. The number of halogens is 3. The molecule has 1 amide bonds. The first-order valence-corrected chi connectivity index (χ1v) is 11.7. The van der Waals surface area contributed by atoms with Crippen molar-refractivity contribution < 1.29 is 26.9 Å². The predicted molar refractivity (Wildman–Crippen MR) is 111 cm³/mol. The SMILES string of the molecule is O=C(c1cnc(NCc2cc(OC(F)(F)F)cc(C3CC3)c2)nc1)N1CC2(CCS2=O)C1. The summed E-state index contributed by atoms with van der Waals surface area (Å²) >= 11 is 0. The number of anilines is 1. The van der Waals surface area contributed by atoms with Gasteiger partial charge in [0, 0.05) is 48.6 Å². The standard InChI is InChI=1S/C21H21F3N4O3S/c22-21(23,24)31-17-6-13(5-15(7-17)14-1-2-14)8-25-19-26-9-16(10-27-19)18(29)28-11-20(12-28)3-4-32(20)30/h5-7,9-10,14H,1-4,8,11-12H2,(H,25,26,27). The molecule has 0 radical (unpaired) electrons. The number of nitrogens with one attached hydrogen (secondary N) is 1. The van der Waals surface area contributed by atoms with Gasteiger partial charge in [-0.25, -0.2) is 9.97 Å². The summed E-state index contributed by atoms with van der Waals surface area (Å²) in [5, 5.41) is 2.97. The van der Waals surface area contributed by atoms with Gasteiger partial charge < -0.3 is 15.0 Å². The molecule has 1 spiro atoms. The van der Waals surface area contributed by atoms with Gasteiger partial charge in [-0.1, -0.05) is 6.07 Å². The van der Waals surface area contributed by atoms with Crippen molar-refractivity contribution >= 4 is 22.7 Å². The quantitative estimate of drug-likeness (QED) is 0.704. The van der Waals surface area contributed by atoms with Crippen LogP contribution in [0.1, 0.15) is 46.7 Å². The van der Waals surface area contributed by atoms with Crippen molar-refractivity contribution in [2.75, 3.05) is 24.2 Å². The van der Waals surface area contributed by atoms with Gasteiger partial charge >= 0.3 is 6.36 Å². The van der Waals surface area contributed by atoms with Gasteiger partial charge in [0.25, 0.3) is 5.91 Å². The number of carbonyl (C=O) groups excluding carboxylic acids is 1. The number of carbonyl (C=O) groups is 1. The van der Waals surface area contributed by atoms with Crippen LogP contribution in [0, 0.1) is 0 Å². The van der Waals surface area contributed by atoms with Gasteiger partial charge in [0.1, 0.15) is 5.75 Å². The second kappa shape index (κ2) is 7.72. The van der Waals surface area contributed by atoms with E-state index < -0.39 is 17.2 Å². The third kappa shape index (κ3) is 4.30. The molecule has 3 heterocycles. The zero-order chi connectivity index (χ0) is 22.5. The van der Waals surface area contributed by atoms with Crippen LogP contribution in [-0.2, 0) is 17.3 Å². The zero-order valence-electron chi connectivity index (χ0n) is 17.0. The molecule has 2 aliphatic heterocycles. The molecule has 170 valence electrons. The molecule has 3 aliphatic rings. The Labute approximate surface area is 184 Å². The first-order valence-electron chi connectivity index (χ1n) is 10.3. The summed E-state index contributed by atoms with van der Waals surface area (Å²) in [5.74, 6) is 0.804. The van der Waals surface area contributed by atoms with Crippen LogP contribution in [0.3, 0.4) is 0 Å². The van der Waals surface area contributed by atoms with Crippen LogP contribution >= 0.6 is 0 Å². The Morgan fingerprint density at radius 1 is 1.22 bits per heavy atom. The van der Waals surface area contributed by atoms with Gasteiger partial charge in [0.15, 0.2) is 0 Å². The van der Waals surface area contributed by atoms with Gasteiger partial charge in [-0.3, -0.25) is 9.00 Å². The van der Waals surface area contributed by atoms with Crippen LogP contribution in [-0.4, -0.2) is 54.9 Å². The van der Waals surface area contributed by atoms with Crippen LogP contribution in [0.4, 0.5) is 19.1 Å². The minimum Gasteiger partial charge on any atom is -0.406 e. The average Bonchev–Trinajstić information content (AvgIpc) is 3.54. The largest absolute Gasteiger partial charge is 0.573 e. The zero-order valence-corrected chi connectivity index (χ0v) is 17.8. The number of nitrogens with zero attached hydrogens (tertiary/aromatic N) is 3. The van der Waals surface area contributed by atoms with Crippen LogP contribution in [0.25, 0.3) is 0 Å².